The van der Waals surface area contributed by atoms with E-state index in [4.69, 9.17) is 46.4 Å². The molecule has 0 spiro atoms. The lowest BCUT2D eigenvalue weighted by atomic mass is 9.83. The van der Waals surface area contributed by atoms with Gasteiger partial charge in [0.15, 0.2) is 0 Å². The van der Waals surface area contributed by atoms with E-state index in [1.807, 2.05) is 6.92 Å². The predicted octanol–water partition coefficient (Wildman–Crippen LogP) is 5.58. The smallest absolute Gasteiger partial charge is 0.0989 e. The molecule has 19 heavy (non-hydrogen) atoms. The quantitative estimate of drug-likeness (QED) is 0.403. The molecule has 1 aromatic carbocycles. The fourth-order valence-corrected chi connectivity index (χ4v) is 4.83. The summed E-state index contributed by atoms with van der Waals surface area (Å²) in [5.41, 5.74) is 1.45. The van der Waals surface area contributed by atoms with E-state index >= 15 is 0 Å². The van der Waals surface area contributed by atoms with Gasteiger partial charge >= 0.3 is 0 Å². The lowest BCUT2D eigenvalue weighted by Crippen LogP contribution is -2.33. The van der Waals surface area contributed by atoms with Crippen molar-refractivity contribution in [2.75, 3.05) is 0 Å². The van der Waals surface area contributed by atoms with E-state index in [1.165, 1.54) is 0 Å². The summed E-state index contributed by atoms with van der Waals surface area (Å²) in [5, 5.41) is 12.4. The lowest BCUT2D eigenvalue weighted by Gasteiger charge is -2.29. The maximum Gasteiger partial charge on any atom is 0.0989 e. The van der Waals surface area contributed by atoms with Gasteiger partial charge in [0.1, 0.15) is 0 Å². The average molecular weight is 338 g/mol. The SMILES string of the molecule is C=C(C)C1(O)[C@@H]2CC[C@H]1c1c(Cl)c(Cl)c(Cl)c(Cl)c12. The molecule has 2 aliphatic rings. The Morgan fingerprint density at radius 2 is 1.37 bits per heavy atom. The van der Waals surface area contributed by atoms with E-state index in [2.05, 4.69) is 6.58 Å². The molecule has 1 fully saturated rings. The van der Waals surface area contributed by atoms with Crippen LogP contribution in [0.15, 0.2) is 12.2 Å². The predicted molar refractivity (Wildman–Crippen MR) is 81.0 cm³/mol. The fourth-order valence-electron chi connectivity index (χ4n) is 3.69. The Morgan fingerprint density at radius 1 is 1.00 bits per heavy atom. The second-order valence-electron chi connectivity index (χ2n) is 5.37. The summed E-state index contributed by atoms with van der Waals surface area (Å²) in [6, 6.07) is 0. The molecule has 3 rings (SSSR count). The van der Waals surface area contributed by atoms with Crippen LogP contribution >= 0.6 is 46.4 Å². The first kappa shape index (κ1) is 14.0. The molecule has 2 bridgehead atoms. The number of benzene rings is 1. The molecule has 1 N–H and O–H groups in total. The molecule has 1 aromatic rings. The Kier molecular flexibility index (Phi) is 3.17. The Hall–Kier alpha value is 0.0800. The third-order valence-corrected chi connectivity index (χ3v) is 6.36. The zero-order chi connectivity index (χ0) is 14.1. The van der Waals surface area contributed by atoms with Crippen LogP contribution in [0, 0.1) is 0 Å². The van der Waals surface area contributed by atoms with Gasteiger partial charge in [0, 0.05) is 11.8 Å². The molecule has 102 valence electrons. The Balaban J connectivity index is 2.35. The van der Waals surface area contributed by atoms with Crippen molar-refractivity contribution in [2.24, 2.45) is 0 Å². The van der Waals surface area contributed by atoms with Gasteiger partial charge in [-0.15, -0.1) is 0 Å². The first-order valence-corrected chi connectivity index (χ1v) is 7.57. The maximum atomic E-state index is 11.0. The molecule has 0 aromatic heterocycles. The average Bonchev–Trinajstić information content (AvgIpc) is 2.84. The highest BCUT2D eigenvalue weighted by Gasteiger charge is 2.59. The van der Waals surface area contributed by atoms with Crippen LogP contribution < -0.4 is 0 Å². The molecule has 3 atom stereocenters. The van der Waals surface area contributed by atoms with E-state index in [0.29, 0.717) is 10.0 Å². The molecule has 1 saturated carbocycles. The first-order valence-electron chi connectivity index (χ1n) is 6.05. The van der Waals surface area contributed by atoms with Crippen LogP contribution in [-0.2, 0) is 0 Å². The second kappa shape index (κ2) is 4.29. The molecule has 0 radical (unpaired) electrons. The van der Waals surface area contributed by atoms with E-state index in [1.54, 1.807) is 0 Å². The number of hydrogen-bond donors (Lipinski definition) is 1. The minimum absolute atomic E-state index is 0.0928. The number of halogens is 4. The molecular weight excluding hydrogens is 326 g/mol. The fraction of sp³-hybridized carbons (Fsp3) is 0.429. The van der Waals surface area contributed by atoms with Crippen LogP contribution in [0.2, 0.25) is 20.1 Å². The standard InChI is InChI=1S/C14H12Cl4O/c1-5(2)14(19)6-3-4-7(14)9-8(6)10(15)12(17)13(18)11(9)16/h6-7,19H,1,3-4H2,2H3/t6-,7+,14?. The highest BCUT2D eigenvalue weighted by molar-refractivity contribution is 6.52. The number of fused-ring (bicyclic) bond motifs is 5. The molecule has 0 amide bonds. The van der Waals surface area contributed by atoms with Gasteiger partial charge in [0.2, 0.25) is 0 Å². The summed E-state index contributed by atoms with van der Waals surface area (Å²) in [6.45, 7) is 5.77. The van der Waals surface area contributed by atoms with E-state index < -0.39 is 5.60 Å². The largest absolute Gasteiger partial charge is 0.384 e. The van der Waals surface area contributed by atoms with Gasteiger partial charge in [-0.3, -0.25) is 0 Å². The number of hydrogen-bond acceptors (Lipinski definition) is 1. The van der Waals surface area contributed by atoms with Crippen molar-refractivity contribution < 1.29 is 5.11 Å². The van der Waals surface area contributed by atoms with Crippen LogP contribution in [0.1, 0.15) is 42.7 Å². The van der Waals surface area contributed by atoms with Gasteiger partial charge in [-0.05, 0) is 36.5 Å². The lowest BCUT2D eigenvalue weighted by molar-refractivity contribution is 0.0637. The monoisotopic (exact) mass is 336 g/mol. The van der Waals surface area contributed by atoms with Crippen molar-refractivity contribution in [3.63, 3.8) is 0 Å². The molecule has 0 aliphatic heterocycles. The molecule has 0 heterocycles. The molecular formula is C14H12Cl4O. The normalized spacial score (nSPS) is 31.7. The molecule has 0 saturated heterocycles. The topological polar surface area (TPSA) is 20.2 Å². The zero-order valence-electron chi connectivity index (χ0n) is 10.2. The van der Waals surface area contributed by atoms with Crippen molar-refractivity contribution in [1.29, 1.82) is 0 Å². The first-order chi connectivity index (χ1) is 8.81. The van der Waals surface area contributed by atoms with Gasteiger partial charge in [-0.25, -0.2) is 0 Å². The maximum absolute atomic E-state index is 11.0. The Morgan fingerprint density at radius 3 is 1.68 bits per heavy atom. The summed E-state index contributed by atoms with van der Waals surface area (Å²) >= 11 is 24.9. The van der Waals surface area contributed by atoms with Crippen LogP contribution in [0.3, 0.4) is 0 Å². The third kappa shape index (κ3) is 1.54. The number of aliphatic hydroxyl groups is 1. The zero-order valence-corrected chi connectivity index (χ0v) is 13.3. The van der Waals surface area contributed by atoms with E-state index in [-0.39, 0.29) is 21.9 Å². The van der Waals surface area contributed by atoms with Gasteiger partial charge in [-0.1, -0.05) is 53.0 Å². The summed E-state index contributed by atoms with van der Waals surface area (Å²) in [7, 11) is 0. The summed E-state index contributed by atoms with van der Waals surface area (Å²) in [5.74, 6) is -0.186. The van der Waals surface area contributed by atoms with Crippen molar-refractivity contribution in [3.05, 3.63) is 43.4 Å². The minimum Gasteiger partial charge on any atom is -0.384 e. The van der Waals surface area contributed by atoms with Crippen LogP contribution in [0.4, 0.5) is 0 Å². The minimum atomic E-state index is -0.983. The van der Waals surface area contributed by atoms with Crippen LogP contribution in [0.5, 0.6) is 0 Å². The molecule has 1 unspecified atom stereocenters. The van der Waals surface area contributed by atoms with Crippen LogP contribution in [-0.4, -0.2) is 10.7 Å². The van der Waals surface area contributed by atoms with E-state index in [0.717, 1.165) is 29.5 Å². The third-order valence-electron chi connectivity index (χ3n) is 4.53. The van der Waals surface area contributed by atoms with Gasteiger partial charge in [0.25, 0.3) is 0 Å². The van der Waals surface area contributed by atoms with Gasteiger partial charge in [-0.2, -0.15) is 0 Å². The Labute approximate surface area is 132 Å². The van der Waals surface area contributed by atoms with Crippen LogP contribution in [0.25, 0.3) is 0 Å². The van der Waals surface area contributed by atoms with Crippen molar-refractivity contribution in [2.45, 2.75) is 37.2 Å². The summed E-state index contributed by atoms with van der Waals surface area (Å²) in [4.78, 5) is 0. The molecule has 5 heteroatoms. The van der Waals surface area contributed by atoms with E-state index in [9.17, 15) is 5.11 Å². The highest BCUT2D eigenvalue weighted by Crippen LogP contribution is 2.66. The van der Waals surface area contributed by atoms with Crippen molar-refractivity contribution >= 4 is 46.4 Å². The van der Waals surface area contributed by atoms with Crippen molar-refractivity contribution in [1.82, 2.24) is 0 Å². The molecule has 2 aliphatic carbocycles. The number of rotatable bonds is 1. The molecule has 1 nitrogen and oxygen atoms in total. The van der Waals surface area contributed by atoms with Gasteiger partial charge in [0.05, 0.1) is 25.7 Å². The summed E-state index contributed by atoms with van der Waals surface area (Å²) in [6.07, 6.45) is 1.71. The summed E-state index contributed by atoms with van der Waals surface area (Å²) < 4.78 is 0. The second-order valence-corrected chi connectivity index (χ2v) is 6.88. The Bertz CT molecular complexity index is 565. The highest BCUT2D eigenvalue weighted by atomic mass is 35.5. The van der Waals surface area contributed by atoms with Crippen molar-refractivity contribution in [3.8, 4) is 0 Å². The van der Waals surface area contributed by atoms with Gasteiger partial charge < -0.3 is 5.11 Å².